The summed E-state index contributed by atoms with van der Waals surface area (Å²) in [4.78, 5) is 4.51. The fourth-order valence-electron chi connectivity index (χ4n) is 6.64. The number of aryl methyl sites for hydroxylation is 3. The predicted molar refractivity (Wildman–Crippen MR) is 159 cm³/mol. The number of aromatic nitrogens is 4. The van der Waals surface area contributed by atoms with Crippen molar-refractivity contribution in [1.29, 1.82) is 0 Å². The van der Waals surface area contributed by atoms with Gasteiger partial charge in [-0.2, -0.15) is 0 Å². The molecular weight excluding hydrogens is 482 g/mol. The zero-order valence-corrected chi connectivity index (χ0v) is 23.4. The first-order chi connectivity index (χ1) is 19.1. The Kier molecular flexibility index (Phi) is 7.05. The van der Waals surface area contributed by atoms with Gasteiger partial charge in [0.05, 0.1) is 22.9 Å². The Hall–Kier alpha value is -3.77. The third kappa shape index (κ3) is 4.47. The van der Waals surface area contributed by atoms with E-state index in [0.717, 1.165) is 55.9 Å². The molecule has 3 heterocycles. The van der Waals surface area contributed by atoms with E-state index in [-0.39, 0.29) is 6.04 Å². The molecular formula is C33H37N5O. The van der Waals surface area contributed by atoms with E-state index in [1.54, 1.807) is 0 Å². The highest BCUT2D eigenvalue weighted by molar-refractivity contribution is 6.05. The third-order valence-corrected chi connectivity index (χ3v) is 8.39. The van der Waals surface area contributed by atoms with Crippen LogP contribution in [0.15, 0.2) is 59.6 Å². The topological polar surface area (TPSA) is 57.2 Å². The maximum absolute atomic E-state index is 5.83. The van der Waals surface area contributed by atoms with Gasteiger partial charge in [-0.25, -0.2) is 4.68 Å². The second-order valence-corrected chi connectivity index (χ2v) is 10.7. The van der Waals surface area contributed by atoms with Gasteiger partial charge in [-0.05, 0) is 67.4 Å². The minimum absolute atomic E-state index is 0.196. The Morgan fingerprint density at radius 1 is 1.13 bits per heavy atom. The van der Waals surface area contributed by atoms with Gasteiger partial charge in [-0.15, -0.1) is 5.10 Å². The third-order valence-electron chi connectivity index (χ3n) is 8.39. The van der Waals surface area contributed by atoms with Crippen molar-refractivity contribution in [3.8, 4) is 0 Å². The number of benzene rings is 2. The summed E-state index contributed by atoms with van der Waals surface area (Å²) >= 11 is 0. The summed E-state index contributed by atoms with van der Waals surface area (Å²) in [5, 5.41) is 10.00. The van der Waals surface area contributed by atoms with E-state index >= 15 is 0 Å². The number of nitrogens with zero attached hydrogens (tertiary/aromatic N) is 5. The second-order valence-electron chi connectivity index (χ2n) is 10.7. The minimum atomic E-state index is 0.196. The van der Waals surface area contributed by atoms with Crippen molar-refractivity contribution in [3.63, 3.8) is 0 Å². The van der Waals surface area contributed by atoms with Crippen LogP contribution in [0.25, 0.3) is 22.6 Å². The molecule has 2 aromatic carbocycles. The average Bonchev–Trinajstić information content (AvgIpc) is 3.36. The van der Waals surface area contributed by atoms with E-state index in [1.165, 1.54) is 38.9 Å². The van der Waals surface area contributed by atoms with Gasteiger partial charge in [0.25, 0.3) is 0 Å². The van der Waals surface area contributed by atoms with Crippen molar-refractivity contribution >= 4 is 28.8 Å². The van der Waals surface area contributed by atoms with E-state index in [1.807, 2.05) is 25.7 Å². The molecule has 1 atom stereocenters. The van der Waals surface area contributed by atoms with Gasteiger partial charge in [0.2, 0.25) is 0 Å². The Bertz CT molecular complexity index is 1560. The van der Waals surface area contributed by atoms with Crippen LogP contribution in [0.3, 0.4) is 0 Å². The van der Waals surface area contributed by atoms with Gasteiger partial charge in [-0.1, -0.05) is 60.7 Å². The molecule has 0 radical (unpaired) electrons. The number of hydrogen-bond donors (Lipinski definition) is 0. The molecule has 6 rings (SSSR count). The molecule has 0 amide bonds. The van der Waals surface area contributed by atoms with E-state index in [4.69, 9.17) is 4.74 Å². The SMILES string of the molecule is CCc1ccc2c(c1/C=N\C)c1c(n2[C@H](c2ccccc2)C2CCOCC2)C=C(c2c(C)nnn2C)C=CC1. The molecule has 1 saturated heterocycles. The van der Waals surface area contributed by atoms with E-state index < -0.39 is 0 Å². The summed E-state index contributed by atoms with van der Waals surface area (Å²) in [7, 11) is 3.85. The lowest BCUT2D eigenvalue weighted by atomic mass is 9.86. The zero-order valence-electron chi connectivity index (χ0n) is 23.4. The number of hydrogen-bond acceptors (Lipinski definition) is 4. The molecule has 1 aliphatic carbocycles. The molecule has 0 saturated carbocycles. The Labute approximate surface area is 230 Å². The standard InChI is InChI=1S/C33H37N5O/c1-5-23-14-15-29-31(28(23)21-34-3)27-13-9-12-26(32-22(2)35-36-37(32)4)20-30(27)38(29)33(24-10-7-6-8-11-24)25-16-18-39-19-17-25/h6-12,14-15,20-21,25,33H,5,13,16-19H2,1-4H3/b34-21-/t33-/m1/s1. The van der Waals surface area contributed by atoms with E-state index in [2.05, 4.69) is 93.7 Å². The normalized spacial score (nSPS) is 17.0. The maximum atomic E-state index is 5.83. The Balaban J connectivity index is 1.71. The van der Waals surface area contributed by atoms with Crippen molar-refractivity contribution in [2.45, 2.75) is 45.6 Å². The van der Waals surface area contributed by atoms with Crippen LogP contribution in [0.5, 0.6) is 0 Å². The van der Waals surface area contributed by atoms with Crippen LogP contribution in [-0.4, -0.2) is 46.0 Å². The van der Waals surface area contributed by atoms with Crippen LogP contribution < -0.4 is 0 Å². The largest absolute Gasteiger partial charge is 0.381 e. The summed E-state index contributed by atoms with van der Waals surface area (Å²) in [6.45, 7) is 5.89. The quantitative estimate of drug-likeness (QED) is 0.279. The van der Waals surface area contributed by atoms with Crippen molar-refractivity contribution in [1.82, 2.24) is 19.6 Å². The van der Waals surface area contributed by atoms with Gasteiger partial charge >= 0.3 is 0 Å². The zero-order chi connectivity index (χ0) is 26.9. The molecule has 1 aliphatic heterocycles. The number of ether oxygens (including phenoxy) is 1. The Morgan fingerprint density at radius 2 is 1.92 bits per heavy atom. The fraction of sp³-hybridized carbons (Fsp3) is 0.364. The van der Waals surface area contributed by atoms with Crippen LogP contribution in [-0.2, 0) is 24.6 Å². The van der Waals surface area contributed by atoms with E-state index in [9.17, 15) is 0 Å². The summed E-state index contributed by atoms with van der Waals surface area (Å²) < 4.78 is 10.4. The smallest absolute Gasteiger partial charge is 0.0912 e. The molecule has 6 nitrogen and oxygen atoms in total. The predicted octanol–water partition coefficient (Wildman–Crippen LogP) is 6.36. The molecule has 2 aliphatic rings. The molecule has 0 unspecified atom stereocenters. The summed E-state index contributed by atoms with van der Waals surface area (Å²) in [6.07, 6.45) is 12.9. The lowest BCUT2D eigenvalue weighted by Crippen LogP contribution is -2.27. The lowest BCUT2D eigenvalue weighted by Gasteiger charge is -2.33. The second kappa shape index (κ2) is 10.8. The van der Waals surface area contributed by atoms with Crippen molar-refractivity contribution in [3.05, 3.63) is 94.0 Å². The summed E-state index contributed by atoms with van der Waals surface area (Å²) in [6, 6.07) is 15.9. The van der Waals surface area contributed by atoms with Crippen LogP contribution >= 0.6 is 0 Å². The Morgan fingerprint density at radius 3 is 2.62 bits per heavy atom. The first-order valence-electron chi connectivity index (χ1n) is 14.1. The van der Waals surface area contributed by atoms with Gasteiger partial charge in [0.1, 0.15) is 0 Å². The van der Waals surface area contributed by atoms with Crippen LogP contribution in [0.1, 0.15) is 65.1 Å². The molecule has 1 fully saturated rings. The first-order valence-corrected chi connectivity index (χ1v) is 14.1. The molecule has 39 heavy (non-hydrogen) atoms. The van der Waals surface area contributed by atoms with Crippen LogP contribution in [0.4, 0.5) is 0 Å². The highest BCUT2D eigenvalue weighted by atomic mass is 16.5. The molecule has 0 spiro atoms. The molecule has 4 aromatic rings. The highest BCUT2D eigenvalue weighted by Crippen LogP contribution is 2.43. The number of rotatable bonds is 6. The first kappa shape index (κ1) is 25.5. The number of fused-ring (bicyclic) bond motifs is 3. The summed E-state index contributed by atoms with van der Waals surface area (Å²) in [5.74, 6) is 0.475. The minimum Gasteiger partial charge on any atom is -0.381 e. The van der Waals surface area contributed by atoms with Crippen LogP contribution in [0.2, 0.25) is 0 Å². The number of allylic oxidation sites excluding steroid dienone is 3. The van der Waals surface area contributed by atoms with Crippen molar-refractivity contribution < 1.29 is 4.74 Å². The monoisotopic (exact) mass is 519 g/mol. The van der Waals surface area contributed by atoms with E-state index in [0.29, 0.717) is 5.92 Å². The van der Waals surface area contributed by atoms with Gasteiger partial charge in [-0.3, -0.25) is 4.99 Å². The lowest BCUT2D eigenvalue weighted by molar-refractivity contribution is 0.0547. The number of aliphatic imine (C=N–C) groups is 1. The van der Waals surface area contributed by atoms with Crippen LogP contribution in [0, 0.1) is 12.8 Å². The molecule has 0 N–H and O–H groups in total. The molecule has 2 aromatic heterocycles. The van der Waals surface area contributed by atoms with Crippen molar-refractivity contribution in [2.75, 3.05) is 20.3 Å². The van der Waals surface area contributed by atoms with Crippen molar-refractivity contribution in [2.24, 2.45) is 18.0 Å². The highest BCUT2D eigenvalue weighted by Gasteiger charge is 2.32. The van der Waals surface area contributed by atoms with Gasteiger partial charge in [0.15, 0.2) is 0 Å². The molecule has 6 heteroatoms. The average molecular weight is 520 g/mol. The van der Waals surface area contributed by atoms with Gasteiger partial charge in [0, 0.05) is 55.7 Å². The molecule has 0 bridgehead atoms. The fourth-order valence-corrected chi connectivity index (χ4v) is 6.64. The maximum Gasteiger partial charge on any atom is 0.0912 e. The van der Waals surface area contributed by atoms with Gasteiger partial charge < -0.3 is 9.30 Å². The summed E-state index contributed by atoms with van der Waals surface area (Å²) in [5.41, 5.74) is 11.0. The molecule has 200 valence electrons.